The zero-order valence-corrected chi connectivity index (χ0v) is 15.4. The van der Waals surface area contributed by atoms with Crippen molar-refractivity contribution < 1.29 is 24.0 Å². The molecule has 0 fully saturated rings. The normalized spacial score (nSPS) is 16.9. The van der Waals surface area contributed by atoms with Gasteiger partial charge in [-0.1, -0.05) is 12.1 Å². The number of hydrogen-bond donors (Lipinski definition) is 2. The molecular formula is C18H21N3O6. The molecule has 1 heterocycles. The summed E-state index contributed by atoms with van der Waals surface area (Å²) in [5, 5.41) is 13.9. The molecule has 27 heavy (non-hydrogen) atoms. The summed E-state index contributed by atoms with van der Waals surface area (Å²) in [6.07, 6.45) is -0.419. The van der Waals surface area contributed by atoms with Crippen molar-refractivity contribution in [3.63, 3.8) is 0 Å². The number of nitrogens with zero attached hydrogens (tertiary/aromatic N) is 1. The Balaban J connectivity index is 2.69. The molecule has 0 amide bonds. The third-order valence-electron chi connectivity index (χ3n) is 3.98. The lowest BCUT2D eigenvalue weighted by Crippen LogP contribution is -2.36. The number of esters is 2. The van der Waals surface area contributed by atoms with Crippen molar-refractivity contribution in [2.45, 2.75) is 32.8 Å². The number of rotatable bonds is 5. The third kappa shape index (κ3) is 4.08. The van der Waals surface area contributed by atoms with Gasteiger partial charge < -0.3 is 20.5 Å². The number of methoxy groups -OCH3 is 1. The highest BCUT2D eigenvalue weighted by atomic mass is 16.6. The zero-order chi connectivity index (χ0) is 20.3. The Labute approximate surface area is 156 Å². The minimum Gasteiger partial charge on any atom is -0.466 e. The topological polar surface area (TPSA) is 134 Å². The lowest BCUT2D eigenvalue weighted by atomic mass is 9.81. The van der Waals surface area contributed by atoms with Crippen molar-refractivity contribution in [1.29, 1.82) is 0 Å². The van der Waals surface area contributed by atoms with Gasteiger partial charge in [-0.15, -0.1) is 0 Å². The number of nitro groups is 1. The highest BCUT2D eigenvalue weighted by Crippen LogP contribution is 2.39. The largest absolute Gasteiger partial charge is 0.466 e. The Hall–Kier alpha value is -3.36. The van der Waals surface area contributed by atoms with E-state index < -0.39 is 28.9 Å². The van der Waals surface area contributed by atoms with Crippen molar-refractivity contribution in [1.82, 2.24) is 5.32 Å². The van der Waals surface area contributed by atoms with E-state index in [1.165, 1.54) is 25.3 Å². The standard InChI is InChI=1S/C18H21N3O6/c1-9(2)27-18(23)15-14(11-6-5-7-12(8-11)21(24)25)13(17(22)26-4)10(3)20-16(15)19/h5-9,14,20H,19H2,1-4H3. The van der Waals surface area contributed by atoms with E-state index in [-0.39, 0.29) is 22.7 Å². The van der Waals surface area contributed by atoms with Crippen molar-refractivity contribution in [2.24, 2.45) is 5.73 Å². The maximum atomic E-state index is 12.7. The predicted molar refractivity (Wildman–Crippen MR) is 96.1 cm³/mol. The lowest BCUT2D eigenvalue weighted by Gasteiger charge is -2.30. The number of nitrogens with one attached hydrogen (secondary N) is 1. The summed E-state index contributed by atoms with van der Waals surface area (Å²) in [7, 11) is 1.21. The van der Waals surface area contributed by atoms with Gasteiger partial charge in [-0.2, -0.15) is 0 Å². The number of hydrogen-bond acceptors (Lipinski definition) is 8. The number of ether oxygens (including phenoxy) is 2. The predicted octanol–water partition coefficient (Wildman–Crippen LogP) is 1.85. The van der Waals surface area contributed by atoms with Crippen molar-refractivity contribution in [3.8, 4) is 0 Å². The monoisotopic (exact) mass is 375 g/mol. The third-order valence-corrected chi connectivity index (χ3v) is 3.98. The number of carbonyl (C=O) groups excluding carboxylic acids is 2. The van der Waals surface area contributed by atoms with E-state index in [0.717, 1.165) is 0 Å². The molecular weight excluding hydrogens is 354 g/mol. The van der Waals surface area contributed by atoms with Crippen LogP contribution in [0.4, 0.5) is 5.69 Å². The Morgan fingerprint density at radius 2 is 1.93 bits per heavy atom. The van der Waals surface area contributed by atoms with Gasteiger partial charge in [-0.05, 0) is 26.3 Å². The van der Waals surface area contributed by atoms with Gasteiger partial charge in [0, 0.05) is 17.8 Å². The van der Waals surface area contributed by atoms with Crippen LogP contribution in [0.1, 0.15) is 32.3 Å². The van der Waals surface area contributed by atoms with Crippen LogP contribution in [0.2, 0.25) is 0 Å². The second-order valence-electron chi connectivity index (χ2n) is 6.22. The Bertz CT molecular complexity index is 856. The Morgan fingerprint density at radius 3 is 2.48 bits per heavy atom. The van der Waals surface area contributed by atoms with Gasteiger partial charge in [0.1, 0.15) is 5.82 Å². The molecule has 0 aromatic heterocycles. The van der Waals surface area contributed by atoms with Gasteiger partial charge in [0.05, 0.1) is 35.2 Å². The molecule has 1 unspecified atom stereocenters. The fraction of sp³-hybridized carbons (Fsp3) is 0.333. The maximum absolute atomic E-state index is 12.7. The highest BCUT2D eigenvalue weighted by molar-refractivity contribution is 5.99. The first kappa shape index (κ1) is 20.0. The molecule has 1 aromatic rings. The molecule has 2 rings (SSSR count). The van der Waals surface area contributed by atoms with Crippen molar-refractivity contribution >= 4 is 17.6 Å². The van der Waals surface area contributed by atoms with Crippen LogP contribution < -0.4 is 11.1 Å². The van der Waals surface area contributed by atoms with Crippen LogP contribution in [0.25, 0.3) is 0 Å². The van der Waals surface area contributed by atoms with Gasteiger partial charge in [-0.25, -0.2) is 9.59 Å². The molecule has 0 bridgehead atoms. The molecule has 1 aliphatic heterocycles. The first-order valence-electron chi connectivity index (χ1n) is 8.18. The summed E-state index contributed by atoms with van der Waals surface area (Å²) >= 11 is 0. The van der Waals surface area contributed by atoms with Gasteiger partial charge >= 0.3 is 11.9 Å². The second kappa shape index (κ2) is 7.90. The van der Waals surface area contributed by atoms with Crippen LogP contribution in [-0.2, 0) is 19.1 Å². The average Bonchev–Trinajstić information content (AvgIpc) is 2.59. The number of allylic oxidation sites excluding steroid dienone is 1. The zero-order valence-electron chi connectivity index (χ0n) is 15.4. The van der Waals surface area contributed by atoms with Gasteiger partial charge in [0.15, 0.2) is 0 Å². The minimum absolute atomic E-state index is 0.00445. The van der Waals surface area contributed by atoms with E-state index in [9.17, 15) is 19.7 Å². The number of nitrogens with two attached hydrogens (primary N) is 1. The summed E-state index contributed by atoms with van der Waals surface area (Å²) < 4.78 is 10.1. The maximum Gasteiger partial charge on any atom is 0.338 e. The molecule has 0 spiro atoms. The van der Waals surface area contributed by atoms with E-state index in [4.69, 9.17) is 15.2 Å². The molecule has 1 atom stereocenters. The molecule has 0 aliphatic carbocycles. The number of nitro benzene ring substituents is 1. The van der Waals surface area contributed by atoms with Crippen LogP contribution in [0.3, 0.4) is 0 Å². The van der Waals surface area contributed by atoms with Gasteiger partial charge in [0.2, 0.25) is 0 Å². The fourth-order valence-corrected chi connectivity index (χ4v) is 2.89. The van der Waals surface area contributed by atoms with Gasteiger partial charge in [-0.3, -0.25) is 10.1 Å². The average molecular weight is 375 g/mol. The molecule has 0 saturated carbocycles. The fourth-order valence-electron chi connectivity index (χ4n) is 2.89. The van der Waals surface area contributed by atoms with Crippen LogP contribution in [0.5, 0.6) is 0 Å². The molecule has 1 aromatic carbocycles. The van der Waals surface area contributed by atoms with E-state index in [1.807, 2.05) is 0 Å². The quantitative estimate of drug-likeness (QED) is 0.452. The first-order valence-corrected chi connectivity index (χ1v) is 8.18. The molecule has 0 radical (unpaired) electrons. The summed E-state index contributed by atoms with van der Waals surface area (Å²) in [5.74, 6) is -2.36. The number of non-ortho nitro benzene ring substituents is 1. The van der Waals surface area contributed by atoms with Crippen molar-refractivity contribution in [2.75, 3.05) is 7.11 Å². The highest BCUT2D eigenvalue weighted by Gasteiger charge is 2.39. The second-order valence-corrected chi connectivity index (χ2v) is 6.22. The molecule has 0 saturated heterocycles. The number of carbonyl (C=O) groups is 2. The summed E-state index contributed by atoms with van der Waals surface area (Å²) in [4.78, 5) is 35.7. The summed E-state index contributed by atoms with van der Waals surface area (Å²) in [6, 6.07) is 5.66. The molecule has 144 valence electrons. The van der Waals surface area contributed by atoms with E-state index >= 15 is 0 Å². The SMILES string of the molecule is COC(=O)C1=C(C)NC(N)=C(C(=O)OC(C)C)C1c1cccc([N+](=O)[O-])c1. The van der Waals surface area contributed by atoms with E-state index in [1.54, 1.807) is 26.8 Å². The Morgan fingerprint density at radius 1 is 1.26 bits per heavy atom. The molecule has 1 aliphatic rings. The van der Waals surface area contributed by atoms with Crippen LogP contribution in [-0.4, -0.2) is 30.1 Å². The van der Waals surface area contributed by atoms with Crippen LogP contribution in [0.15, 0.2) is 46.9 Å². The molecule has 9 heteroatoms. The molecule has 3 N–H and O–H groups in total. The summed E-state index contributed by atoms with van der Waals surface area (Å²) in [5.41, 5.74) is 6.71. The van der Waals surface area contributed by atoms with Crippen molar-refractivity contribution in [3.05, 3.63) is 62.6 Å². The first-order chi connectivity index (χ1) is 12.7. The number of benzene rings is 1. The van der Waals surface area contributed by atoms with Crippen LogP contribution in [0, 0.1) is 10.1 Å². The minimum atomic E-state index is -0.968. The molecule has 9 nitrogen and oxygen atoms in total. The lowest BCUT2D eigenvalue weighted by molar-refractivity contribution is -0.384. The number of dihydropyridines is 1. The summed E-state index contributed by atoms with van der Waals surface area (Å²) in [6.45, 7) is 4.96. The van der Waals surface area contributed by atoms with E-state index in [0.29, 0.717) is 11.3 Å². The van der Waals surface area contributed by atoms with Gasteiger partial charge in [0.25, 0.3) is 5.69 Å². The Kier molecular flexibility index (Phi) is 5.84. The van der Waals surface area contributed by atoms with Crippen LogP contribution >= 0.6 is 0 Å². The van der Waals surface area contributed by atoms with E-state index in [2.05, 4.69) is 5.32 Å². The smallest absolute Gasteiger partial charge is 0.338 e.